The molecule has 0 heterocycles. The van der Waals surface area contributed by atoms with Crippen LogP contribution < -0.4 is 5.73 Å². The molecule has 0 saturated heterocycles. The van der Waals surface area contributed by atoms with Crippen molar-refractivity contribution in [3.63, 3.8) is 0 Å². The van der Waals surface area contributed by atoms with Crippen LogP contribution in [0.15, 0.2) is 0 Å². The first-order chi connectivity index (χ1) is 4.54. The molecule has 1 unspecified atom stereocenters. The van der Waals surface area contributed by atoms with E-state index in [9.17, 15) is 9.59 Å². The van der Waals surface area contributed by atoms with Gasteiger partial charge in [0.05, 0.1) is 0 Å². The standard InChI is InChI=1S/C5H9NO4.Na.Pb.3H/c6-3(5(9)10)1-2-4(7)8;;;;;/h3H,1-2,6H2,(H,7,8)(H,9,10);;;;;. The van der Waals surface area contributed by atoms with Gasteiger partial charge in [-0.2, -0.15) is 0 Å². The Morgan fingerprint density at radius 3 is 2.00 bits per heavy atom. The van der Waals surface area contributed by atoms with Crippen LogP contribution in [-0.4, -0.2) is 85.0 Å². The van der Waals surface area contributed by atoms with E-state index in [1.54, 1.807) is 0 Å². The maximum atomic E-state index is 9.99. The van der Waals surface area contributed by atoms with Crippen LogP contribution in [0.4, 0.5) is 0 Å². The van der Waals surface area contributed by atoms with Gasteiger partial charge >= 0.3 is 68.8 Å². The number of nitrogens with two attached hydrogens (primary N) is 1. The molecule has 0 aliphatic heterocycles. The van der Waals surface area contributed by atoms with Crippen LogP contribution in [0.1, 0.15) is 12.8 Å². The van der Waals surface area contributed by atoms with Gasteiger partial charge in [0.2, 0.25) is 0 Å². The number of aliphatic carboxylic acids is 2. The van der Waals surface area contributed by atoms with Crippen LogP contribution in [-0.2, 0) is 9.59 Å². The molecule has 0 aromatic heterocycles. The molecule has 0 aliphatic carbocycles. The van der Waals surface area contributed by atoms with Gasteiger partial charge in [0.1, 0.15) is 6.04 Å². The number of rotatable bonds is 4. The normalized spacial score (nSPS) is 10.4. The van der Waals surface area contributed by atoms with E-state index in [4.69, 9.17) is 15.9 Å². The van der Waals surface area contributed by atoms with Gasteiger partial charge in [-0.25, -0.2) is 0 Å². The SMILES string of the molecule is NC(CCC(=O)O)C(=O)O.[NaH].[PbH2]. The van der Waals surface area contributed by atoms with Gasteiger partial charge in [-0.15, -0.1) is 0 Å². The van der Waals surface area contributed by atoms with Crippen LogP contribution >= 0.6 is 0 Å². The van der Waals surface area contributed by atoms with Crippen molar-refractivity contribution < 1.29 is 19.8 Å². The van der Waals surface area contributed by atoms with Gasteiger partial charge in [-0.1, -0.05) is 0 Å². The number of hydrogen-bond donors (Lipinski definition) is 3. The molecule has 0 bridgehead atoms. The molecule has 0 spiro atoms. The second-order valence-corrected chi connectivity index (χ2v) is 1.88. The molecular weight excluding hydrogens is 368 g/mol. The third-order valence-corrected chi connectivity index (χ3v) is 0.986. The second-order valence-electron chi connectivity index (χ2n) is 1.88. The minimum absolute atomic E-state index is 0. The van der Waals surface area contributed by atoms with Crippen LogP contribution in [0.25, 0.3) is 0 Å². The van der Waals surface area contributed by atoms with Crippen molar-refractivity contribution in [2.24, 2.45) is 5.73 Å². The summed E-state index contributed by atoms with van der Waals surface area (Å²) in [7, 11) is 0. The van der Waals surface area contributed by atoms with E-state index < -0.39 is 18.0 Å². The first-order valence-corrected chi connectivity index (χ1v) is 2.74. The summed E-state index contributed by atoms with van der Waals surface area (Å²) in [6.45, 7) is 0. The molecule has 0 rings (SSSR count). The summed E-state index contributed by atoms with van der Waals surface area (Å²) in [4.78, 5) is 19.9. The second kappa shape index (κ2) is 9.91. The quantitative estimate of drug-likeness (QED) is 0.477. The molecule has 0 amide bonds. The van der Waals surface area contributed by atoms with Crippen LogP contribution in [0.2, 0.25) is 0 Å². The molecule has 0 fully saturated rings. The summed E-state index contributed by atoms with van der Waals surface area (Å²) in [6, 6.07) is -1.06. The van der Waals surface area contributed by atoms with Gasteiger partial charge in [0, 0.05) is 6.42 Å². The molecule has 12 heavy (non-hydrogen) atoms. The van der Waals surface area contributed by atoms with Crippen molar-refractivity contribution in [3.05, 3.63) is 0 Å². The summed E-state index contributed by atoms with van der Waals surface area (Å²) >= 11 is 0. The number of carboxylic acids is 2. The molecule has 7 heteroatoms. The molecular formula is C5H12NNaO4Pb. The number of hydrogen-bond acceptors (Lipinski definition) is 3. The Balaban J connectivity index is -0.000000405. The molecule has 66 valence electrons. The molecule has 2 radical (unpaired) electrons. The van der Waals surface area contributed by atoms with Crippen LogP contribution in [0, 0.1) is 0 Å². The Morgan fingerprint density at radius 1 is 1.33 bits per heavy atom. The zero-order chi connectivity index (χ0) is 8.15. The Labute approximate surface area is 112 Å². The molecule has 5 nitrogen and oxygen atoms in total. The zero-order valence-electron chi connectivity index (χ0n) is 5.99. The third kappa shape index (κ3) is 10.8. The van der Waals surface area contributed by atoms with E-state index in [2.05, 4.69) is 0 Å². The average Bonchev–Trinajstić information content (AvgIpc) is 1.82. The summed E-state index contributed by atoms with van der Waals surface area (Å²) in [6.07, 6.45) is -0.224. The van der Waals surface area contributed by atoms with E-state index in [1.165, 1.54) is 0 Å². The van der Waals surface area contributed by atoms with E-state index in [0.29, 0.717) is 0 Å². The Kier molecular flexibility index (Phi) is 15.3. The summed E-state index contributed by atoms with van der Waals surface area (Å²) in [5.74, 6) is -2.20. The average molecular weight is 380 g/mol. The number of carboxylic acid groups (broad SMARTS) is 2. The predicted molar refractivity (Wildman–Crippen MR) is 48.2 cm³/mol. The Bertz CT molecular complexity index is 154. The fourth-order valence-electron chi connectivity index (χ4n) is 0.402. The fraction of sp³-hybridized carbons (Fsp3) is 0.600. The Morgan fingerprint density at radius 2 is 1.75 bits per heavy atom. The van der Waals surface area contributed by atoms with E-state index in [0.717, 1.165) is 0 Å². The van der Waals surface area contributed by atoms with Gasteiger partial charge in [0.25, 0.3) is 0 Å². The van der Waals surface area contributed by atoms with Crippen molar-refractivity contribution in [1.82, 2.24) is 0 Å². The number of carbonyl (C=O) groups is 2. The van der Waals surface area contributed by atoms with E-state index in [1.807, 2.05) is 0 Å². The minimum atomic E-state index is -1.17. The molecule has 0 aromatic rings. The molecule has 0 aliphatic rings. The van der Waals surface area contributed by atoms with Crippen molar-refractivity contribution in [1.29, 1.82) is 0 Å². The molecule has 0 aromatic carbocycles. The maximum absolute atomic E-state index is 9.99. The predicted octanol–water partition coefficient (Wildman–Crippen LogP) is -2.30. The summed E-state index contributed by atoms with van der Waals surface area (Å²) < 4.78 is 0. The van der Waals surface area contributed by atoms with Gasteiger partial charge in [-0.3, -0.25) is 9.59 Å². The fourth-order valence-corrected chi connectivity index (χ4v) is 0.402. The monoisotopic (exact) mass is 381 g/mol. The summed E-state index contributed by atoms with van der Waals surface area (Å²) in [5, 5.41) is 16.3. The van der Waals surface area contributed by atoms with E-state index >= 15 is 0 Å². The van der Waals surface area contributed by atoms with Gasteiger partial charge < -0.3 is 15.9 Å². The summed E-state index contributed by atoms with van der Waals surface area (Å²) in [5.41, 5.74) is 5.00. The van der Waals surface area contributed by atoms with Crippen molar-refractivity contribution in [2.45, 2.75) is 18.9 Å². The third-order valence-electron chi connectivity index (χ3n) is 0.986. The first kappa shape index (κ1) is 18.6. The van der Waals surface area contributed by atoms with Crippen LogP contribution in [0.5, 0.6) is 0 Å². The van der Waals surface area contributed by atoms with Crippen molar-refractivity contribution in [2.75, 3.05) is 0 Å². The molecule has 0 saturated carbocycles. The molecule has 4 N–H and O–H groups in total. The van der Waals surface area contributed by atoms with Crippen molar-refractivity contribution >= 4 is 68.8 Å². The Hall–Kier alpha value is 0.822. The molecule has 1 atom stereocenters. The van der Waals surface area contributed by atoms with Crippen LogP contribution in [0.3, 0.4) is 0 Å². The topological polar surface area (TPSA) is 101 Å². The first-order valence-electron chi connectivity index (χ1n) is 2.74. The zero-order valence-corrected chi connectivity index (χ0v) is 11.5. The van der Waals surface area contributed by atoms with Gasteiger partial charge in [0.15, 0.2) is 0 Å². The van der Waals surface area contributed by atoms with Crippen molar-refractivity contribution in [3.8, 4) is 0 Å². The van der Waals surface area contributed by atoms with Gasteiger partial charge in [-0.05, 0) is 6.42 Å². The van der Waals surface area contributed by atoms with E-state index in [-0.39, 0.29) is 69.7 Å².